The molecule has 0 spiro atoms. The van der Waals surface area contributed by atoms with Gasteiger partial charge in [0.25, 0.3) is 10.1 Å². The summed E-state index contributed by atoms with van der Waals surface area (Å²) in [5.41, 5.74) is 1.83. The Morgan fingerprint density at radius 2 is 1.22 bits per heavy atom. The van der Waals surface area contributed by atoms with Crippen LogP contribution in [0.5, 0.6) is 0 Å². The molecule has 8 heteroatoms. The first-order valence-electron chi connectivity index (χ1n) is 6.73. The summed E-state index contributed by atoms with van der Waals surface area (Å²) < 4.78 is 54.8. The first kappa shape index (κ1) is 17.6. The Morgan fingerprint density at radius 3 is 1.70 bits per heavy atom. The monoisotopic (exact) mass is 355 g/mol. The van der Waals surface area contributed by atoms with Crippen LogP contribution in [0.15, 0.2) is 58.3 Å². The molecule has 0 saturated carbocycles. The molecule has 2 aromatic carbocycles. The van der Waals surface area contributed by atoms with Gasteiger partial charge in [0, 0.05) is 0 Å². The van der Waals surface area contributed by atoms with E-state index in [4.69, 9.17) is 4.18 Å². The van der Waals surface area contributed by atoms with Crippen LogP contribution in [0.1, 0.15) is 11.1 Å². The van der Waals surface area contributed by atoms with Gasteiger partial charge in [0.1, 0.15) is 6.73 Å². The number of nitrogens with one attached hydrogen (secondary N) is 1. The molecule has 6 nitrogen and oxygen atoms in total. The maximum Gasteiger partial charge on any atom is 0.298 e. The molecule has 2 rings (SSSR count). The summed E-state index contributed by atoms with van der Waals surface area (Å²) in [6.07, 6.45) is 0. The molecular formula is C15H17NO5S2. The second-order valence-corrected chi connectivity index (χ2v) is 8.37. The average Bonchev–Trinajstić information content (AvgIpc) is 2.47. The molecule has 0 atom stereocenters. The summed E-state index contributed by atoms with van der Waals surface area (Å²) in [6, 6.07) is 12.2. The van der Waals surface area contributed by atoms with Crippen molar-refractivity contribution in [3.05, 3.63) is 59.7 Å². The van der Waals surface area contributed by atoms with E-state index in [1.54, 1.807) is 24.3 Å². The van der Waals surface area contributed by atoms with Crippen molar-refractivity contribution in [2.75, 3.05) is 6.73 Å². The van der Waals surface area contributed by atoms with Crippen molar-refractivity contribution in [3.8, 4) is 0 Å². The van der Waals surface area contributed by atoms with Crippen molar-refractivity contribution in [2.24, 2.45) is 0 Å². The Kier molecular flexibility index (Phi) is 5.20. The lowest BCUT2D eigenvalue weighted by Crippen LogP contribution is -2.28. The minimum absolute atomic E-state index is 0.0300. The van der Waals surface area contributed by atoms with Gasteiger partial charge in [0.05, 0.1) is 9.79 Å². The molecule has 0 radical (unpaired) electrons. The number of hydrogen-bond acceptors (Lipinski definition) is 5. The SMILES string of the molecule is Cc1ccc(S(=O)(=O)NCOS(=O)(=O)c2ccc(C)cc2)cc1. The Balaban J connectivity index is 2.03. The van der Waals surface area contributed by atoms with Crippen LogP contribution in [0.2, 0.25) is 0 Å². The highest BCUT2D eigenvalue weighted by atomic mass is 32.2. The Morgan fingerprint density at radius 1 is 0.783 bits per heavy atom. The lowest BCUT2D eigenvalue weighted by atomic mass is 10.2. The highest BCUT2D eigenvalue weighted by molar-refractivity contribution is 7.89. The van der Waals surface area contributed by atoms with Crippen molar-refractivity contribution < 1.29 is 21.0 Å². The van der Waals surface area contributed by atoms with Crippen molar-refractivity contribution >= 4 is 20.1 Å². The van der Waals surface area contributed by atoms with E-state index in [1.165, 1.54) is 24.3 Å². The summed E-state index contributed by atoms with van der Waals surface area (Å²) >= 11 is 0. The fourth-order valence-electron chi connectivity index (χ4n) is 1.75. The molecule has 0 amide bonds. The van der Waals surface area contributed by atoms with Crippen LogP contribution in [-0.4, -0.2) is 23.6 Å². The van der Waals surface area contributed by atoms with E-state index in [2.05, 4.69) is 4.72 Å². The zero-order valence-electron chi connectivity index (χ0n) is 12.7. The predicted molar refractivity (Wildman–Crippen MR) is 85.8 cm³/mol. The van der Waals surface area contributed by atoms with Crippen LogP contribution in [0.25, 0.3) is 0 Å². The van der Waals surface area contributed by atoms with Crippen molar-refractivity contribution in [3.63, 3.8) is 0 Å². The number of hydrogen-bond donors (Lipinski definition) is 1. The second-order valence-electron chi connectivity index (χ2n) is 4.99. The van der Waals surface area contributed by atoms with Gasteiger partial charge in [-0.15, -0.1) is 0 Å². The fraction of sp³-hybridized carbons (Fsp3) is 0.200. The topological polar surface area (TPSA) is 89.5 Å². The van der Waals surface area contributed by atoms with Gasteiger partial charge in [-0.25, -0.2) is 12.6 Å². The average molecular weight is 355 g/mol. The van der Waals surface area contributed by atoms with E-state index in [0.29, 0.717) is 0 Å². The summed E-state index contributed by atoms with van der Waals surface area (Å²) in [4.78, 5) is 0.0112. The van der Waals surface area contributed by atoms with Gasteiger partial charge in [-0.3, -0.25) is 0 Å². The summed E-state index contributed by atoms with van der Waals surface area (Å²) in [7, 11) is -7.84. The van der Waals surface area contributed by atoms with E-state index < -0.39 is 26.9 Å². The first-order valence-corrected chi connectivity index (χ1v) is 9.62. The van der Waals surface area contributed by atoms with E-state index >= 15 is 0 Å². The van der Waals surface area contributed by atoms with E-state index in [9.17, 15) is 16.8 Å². The molecule has 0 aliphatic rings. The lowest BCUT2D eigenvalue weighted by molar-refractivity contribution is 0.312. The van der Waals surface area contributed by atoms with E-state index in [0.717, 1.165) is 11.1 Å². The molecule has 2 aromatic rings. The largest absolute Gasteiger partial charge is 0.298 e. The second kappa shape index (κ2) is 6.79. The fourth-order valence-corrected chi connectivity index (χ4v) is 3.52. The molecule has 0 aliphatic carbocycles. The Hall–Kier alpha value is -1.74. The van der Waals surface area contributed by atoms with Crippen LogP contribution < -0.4 is 4.72 Å². The van der Waals surface area contributed by atoms with Crippen molar-refractivity contribution in [1.29, 1.82) is 0 Å². The first-order chi connectivity index (χ1) is 10.7. The van der Waals surface area contributed by atoms with Crippen molar-refractivity contribution in [2.45, 2.75) is 23.6 Å². The number of aryl methyl sites for hydroxylation is 2. The van der Waals surface area contributed by atoms with E-state index in [1.807, 2.05) is 13.8 Å². The van der Waals surface area contributed by atoms with Crippen LogP contribution in [0, 0.1) is 13.8 Å². The molecule has 0 aliphatic heterocycles. The maximum atomic E-state index is 12.0. The predicted octanol–water partition coefficient (Wildman–Crippen LogP) is 1.94. The van der Waals surface area contributed by atoms with Crippen LogP contribution in [-0.2, 0) is 24.3 Å². The third-order valence-corrected chi connectivity index (χ3v) is 5.77. The quantitative estimate of drug-likeness (QED) is 0.632. The molecule has 0 bridgehead atoms. The Bertz CT molecular complexity index is 795. The molecule has 124 valence electrons. The minimum atomic E-state index is -4.02. The number of rotatable bonds is 6. The van der Waals surface area contributed by atoms with Gasteiger partial charge in [0.15, 0.2) is 0 Å². The van der Waals surface area contributed by atoms with E-state index in [-0.39, 0.29) is 9.79 Å². The molecule has 0 unspecified atom stereocenters. The smallest absolute Gasteiger partial charge is 0.250 e. The Labute approximate surface area is 136 Å². The van der Waals surface area contributed by atoms with Crippen molar-refractivity contribution in [1.82, 2.24) is 4.72 Å². The van der Waals surface area contributed by atoms with Gasteiger partial charge in [-0.2, -0.15) is 13.1 Å². The molecule has 0 aromatic heterocycles. The zero-order valence-corrected chi connectivity index (χ0v) is 14.3. The molecule has 0 saturated heterocycles. The van der Waals surface area contributed by atoms with Gasteiger partial charge >= 0.3 is 0 Å². The highest BCUT2D eigenvalue weighted by Gasteiger charge is 2.18. The third-order valence-electron chi connectivity index (χ3n) is 3.10. The van der Waals surface area contributed by atoms with Gasteiger partial charge in [-0.1, -0.05) is 35.4 Å². The zero-order chi connectivity index (χ0) is 17.1. The normalized spacial score (nSPS) is 12.3. The molecule has 0 fully saturated rings. The molecular weight excluding hydrogens is 338 g/mol. The van der Waals surface area contributed by atoms with Gasteiger partial charge in [0.2, 0.25) is 10.0 Å². The molecule has 0 heterocycles. The lowest BCUT2D eigenvalue weighted by Gasteiger charge is -2.08. The summed E-state index contributed by atoms with van der Waals surface area (Å²) in [5, 5.41) is 0. The van der Waals surface area contributed by atoms with Gasteiger partial charge < -0.3 is 0 Å². The third kappa shape index (κ3) is 4.61. The maximum absolute atomic E-state index is 12.0. The standard InChI is InChI=1S/C15H17NO5S2/c1-12-3-7-14(8-4-12)22(17,18)16-11-21-23(19,20)15-9-5-13(2)6-10-15/h3-10,16H,11H2,1-2H3. The summed E-state index contributed by atoms with van der Waals surface area (Å²) in [6.45, 7) is 2.99. The summed E-state index contributed by atoms with van der Waals surface area (Å²) in [5.74, 6) is 0. The van der Waals surface area contributed by atoms with Crippen LogP contribution in [0.4, 0.5) is 0 Å². The number of benzene rings is 2. The highest BCUT2D eigenvalue weighted by Crippen LogP contribution is 2.14. The van der Waals surface area contributed by atoms with Crippen LogP contribution in [0.3, 0.4) is 0 Å². The van der Waals surface area contributed by atoms with Crippen LogP contribution >= 0.6 is 0 Å². The number of sulfonamides is 1. The minimum Gasteiger partial charge on any atom is -0.250 e. The van der Waals surface area contributed by atoms with Gasteiger partial charge in [-0.05, 0) is 38.1 Å². The molecule has 23 heavy (non-hydrogen) atoms. The molecule has 1 N–H and O–H groups in total.